The van der Waals surface area contributed by atoms with Gasteiger partial charge in [0.1, 0.15) is 6.17 Å². The van der Waals surface area contributed by atoms with E-state index in [2.05, 4.69) is 10.6 Å². The van der Waals surface area contributed by atoms with Gasteiger partial charge < -0.3 is 15.0 Å². The fraction of sp³-hybridized carbons (Fsp3) is 0.217. The Morgan fingerprint density at radius 3 is 2.35 bits per heavy atom. The van der Waals surface area contributed by atoms with Crippen molar-refractivity contribution in [2.75, 3.05) is 14.2 Å². The molecule has 8 heteroatoms. The van der Waals surface area contributed by atoms with Crippen molar-refractivity contribution in [3.63, 3.8) is 0 Å². The van der Waals surface area contributed by atoms with E-state index in [9.17, 15) is 19.2 Å². The molecule has 0 aromatic heterocycles. The van der Waals surface area contributed by atoms with Crippen molar-refractivity contribution >= 4 is 29.4 Å². The quantitative estimate of drug-likeness (QED) is 0.723. The van der Waals surface area contributed by atoms with Crippen LogP contribution in [0.15, 0.2) is 54.1 Å². The van der Waals surface area contributed by atoms with Gasteiger partial charge in [-0.15, -0.1) is 0 Å². The van der Waals surface area contributed by atoms with Crippen molar-refractivity contribution < 1.29 is 23.9 Å². The molecule has 0 radical (unpaired) electrons. The fourth-order valence-electron chi connectivity index (χ4n) is 4.71. The number of urea groups is 1. The van der Waals surface area contributed by atoms with Gasteiger partial charge in [-0.05, 0) is 17.7 Å². The summed E-state index contributed by atoms with van der Waals surface area (Å²) >= 11 is 0. The van der Waals surface area contributed by atoms with Gasteiger partial charge in [-0.25, -0.2) is 9.59 Å². The molecule has 0 bridgehead atoms. The highest BCUT2D eigenvalue weighted by Crippen LogP contribution is 2.48. The lowest BCUT2D eigenvalue weighted by molar-refractivity contribution is -0.129. The molecular formula is C23H19N3O5. The number of benzene rings is 2. The highest BCUT2D eigenvalue weighted by Gasteiger charge is 2.52. The molecule has 31 heavy (non-hydrogen) atoms. The predicted molar refractivity (Wildman–Crippen MR) is 110 cm³/mol. The standard InChI is InChI=1S/C23H19N3O5/c1-26-20-17(21(28)25-23(26)30)15(11-7-9-12(10-8-11)22(29)31-2)16-18(24-20)13-5-3-4-6-14(13)19(16)27/h3-10,15,17,20,24H,1-2H3,(H,25,28,30). The lowest BCUT2D eigenvalue weighted by Gasteiger charge is -2.46. The minimum absolute atomic E-state index is 0.147. The summed E-state index contributed by atoms with van der Waals surface area (Å²) in [6.07, 6.45) is -0.621. The number of hydrogen-bond acceptors (Lipinski definition) is 6. The molecule has 1 aliphatic carbocycles. The van der Waals surface area contributed by atoms with Crippen LogP contribution in [0.25, 0.3) is 5.70 Å². The van der Waals surface area contributed by atoms with Crippen molar-refractivity contribution in [2.45, 2.75) is 12.1 Å². The zero-order valence-corrected chi connectivity index (χ0v) is 16.8. The molecular weight excluding hydrogens is 398 g/mol. The summed E-state index contributed by atoms with van der Waals surface area (Å²) < 4.78 is 4.76. The number of allylic oxidation sites excluding steroid dienone is 1. The van der Waals surface area contributed by atoms with Crippen LogP contribution in [0.4, 0.5) is 4.79 Å². The maximum atomic E-state index is 13.4. The molecule has 0 spiro atoms. The summed E-state index contributed by atoms with van der Waals surface area (Å²) in [7, 11) is 2.91. The van der Waals surface area contributed by atoms with E-state index in [0.717, 1.165) is 5.56 Å². The zero-order valence-electron chi connectivity index (χ0n) is 16.8. The fourth-order valence-corrected chi connectivity index (χ4v) is 4.71. The van der Waals surface area contributed by atoms with Gasteiger partial charge in [0.2, 0.25) is 5.91 Å². The number of methoxy groups -OCH3 is 1. The molecule has 5 rings (SSSR count). The molecule has 156 valence electrons. The molecule has 3 aliphatic rings. The molecule has 2 aliphatic heterocycles. The molecule has 2 N–H and O–H groups in total. The van der Waals surface area contributed by atoms with Crippen LogP contribution in [0.5, 0.6) is 0 Å². The third kappa shape index (κ3) is 2.68. The summed E-state index contributed by atoms with van der Waals surface area (Å²) in [6, 6.07) is 13.4. The number of ether oxygens (including phenoxy) is 1. The summed E-state index contributed by atoms with van der Waals surface area (Å²) in [4.78, 5) is 51.9. The summed E-state index contributed by atoms with van der Waals surface area (Å²) in [6.45, 7) is 0. The highest BCUT2D eigenvalue weighted by molar-refractivity contribution is 6.22. The van der Waals surface area contributed by atoms with Crippen LogP contribution < -0.4 is 10.6 Å². The maximum Gasteiger partial charge on any atom is 0.337 e. The van der Waals surface area contributed by atoms with E-state index in [1.54, 1.807) is 43.4 Å². The number of rotatable bonds is 2. The Balaban J connectivity index is 1.69. The summed E-state index contributed by atoms with van der Waals surface area (Å²) in [5.74, 6) is -2.38. The molecule has 3 unspecified atom stereocenters. The highest BCUT2D eigenvalue weighted by atomic mass is 16.5. The SMILES string of the molecule is COC(=O)c1ccc(C2C3=C(NC4C2C(=O)NC(=O)N4C)c2ccccc2C3=O)cc1. The van der Waals surface area contributed by atoms with Gasteiger partial charge in [-0.2, -0.15) is 0 Å². The Morgan fingerprint density at radius 1 is 1.00 bits per heavy atom. The molecule has 3 amide bonds. The topological polar surface area (TPSA) is 105 Å². The van der Waals surface area contributed by atoms with E-state index in [-0.39, 0.29) is 5.78 Å². The van der Waals surface area contributed by atoms with E-state index >= 15 is 0 Å². The second kappa shape index (κ2) is 6.80. The third-order valence-corrected chi connectivity index (χ3v) is 6.22. The van der Waals surface area contributed by atoms with Gasteiger partial charge in [0.25, 0.3) is 0 Å². The van der Waals surface area contributed by atoms with Crippen LogP contribution in [0, 0.1) is 5.92 Å². The average molecular weight is 417 g/mol. The van der Waals surface area contributed by atoms with Crippen molar-refractivity contribution in [1.29, 1.82) is 0 Å². The lowest BCUT2D eigenvalue weighted by Crippen LogP contribution is -2.66. The number of carbonyl (C=O) groups excluding carboxylic acids is 4. The van der Waals surface area contributed by atoms with Crippen LogP contribution in [0.3, 0.4) is 0 Å². The van der Waals surface area contributed by atoms with E-state index in [4.69, 9.17) is 4.74 Å². The second-order valence-electron chi connectivity index (χ2n) is 7.77. The number of esters is 1. The van der Waals surface area contributed by atoms with Crippen molar-refractivity contribution in [1.82, 2.24) is 15.5 Å². The molecule has 2 aromatic carbocycles. The number of nitrogens with one attached hydrogen (secondary N) is 2. The molecule has 2 aromatic rings. The van der Waals surface area contributed by atoms with Crippen molar-refractivity contribution in [3.05, 3.63) is 76.4 Å². The van der Waals surface area contributed by atoms with Crippen LogP contribution in [-0.2, 0) is 9.53 Å². The van der Waals surface area contributed by atoms with Gasteiger partial charge in [0.15, 0.2) is 5.78 Å². The van der Waals surface area contributed by atoms with Crippen LogP contribution in [0.1, 0.15) is 37.8 Å². The Kier molecular flexibility index (Phi) is 4.18. The van der Waals surface area contributed by atoms with Crippen molar-refractivity contribution in [3.8, 4) is 0 Å². The average Bonchev–Trinajstić information content (AvgIpc) is 3.08. The second-order valence-corrected chi connectivity index (χ2v) is 7.77. The third-order valence-electron chi connectivity index (χ3n) is 6.22. The normalized spacial score (nSPS) is 24.1. The minimum atomic E-state index is -0.719. The summed E-state index contributed by atoms with van der Waals surface area (Å²) in [5, 5.41) is 5.66. The molecule has 3 atom stereocenters. The van der Waals surface area contributed by atoms with E-state index in [0.29, 0.717) is 28.0 Å². The molecule has 2 heterocycles. The monoisotopic (exact) mass is 417 g/mol. The van der Waals surface area contributed by atoms with Gasteiger partial charge in [-0.1, -0.05) is 36.4 Å². The number of nitrogens with zero attached hydrogens (tertiary/aromatic N) is 1. The lowest BCUT2D eigenvalue weighted by atomic mass is 9.73. The first-order valence-electron chi connectivity index (χ1n) is 9.83. The number of carbonyl (C=O) groups is 4. The van der Waals surface area contributed by atoms with Crippen LogP contribution >= 0.6 is 0 Å². The number of amides is 3. The molecule has 1 fully saturated rings. The smallest absolute Gasteiger partial charge is 0.337 e. The van der Waals surface area contributed by atoms with Crippen molar-refractivity contribution in [2.24, 2.45) is 5.92 Å². The Bertz CT molecular complexity index is 1180. The summed E-state index contributed by atoms with van der Waals surface area (Å²) in [5.41, 5.74) is 3.51. The van der Waals surface area contributed by atoms with Gasteiger partial charge in [0.05, 0.1) is 24.3 Å². The Hall–Kier alpha value is -3.94. The molecule has 1 saturated heterocycles. The first-order valence-corrected chi connectivity index (χ1v) is 9.83. The number of imide groups is 1. The van der Waals surface area contributed by atoms with Gasteiger partial charge in [0, 0.05) is 29.7 Å². The van der Waals surface area contributed by atoms with E-state index in [1.165, 1.54) is 12.0 Å². The van der Waals surface area contributed by atoms with E-state index in [1.807, 2.05) is 12.1 Å². The predicted octanol–water partition coefficient (Wildman–Crippen LogP) is 1.89. The van der Waals surface area contributed by atoms with Gasteiger partial charge >= 0.3 is 12.0 Å². The van der Waals surface area contributed by atoms with Crippen LogP contribution in [-0.4, -0.2) is 48.9 Å². The van der Waals surface area contributed by atoms with Crippen LogP contribution in [0.2, 0.25) is 0 Å². The molecule has 0 saturated carbocycles. The number of Topliss-reactive ketones (excluding diaryl/α,β-unsaturated/α-hetero) is 1. The zero-order chi connectivity index (χ0) is 21.9. The first kappa shape index (κ1) is 19.0. The minimum Gasteiger partial charge on any atom is -0.465 e. The number of ketones is 1. The number of hydrogen-bond donors (Lipinski definition) is 2. The maximum absolute atomic E-state index is 13.4. The largest absolute Gasteiger partial charge is 0.465 e. The first-order chi connectivity index (χ1) is 14.9. The van der Waals surface area contributed by atoms with Gasteiger partial charge in [-0.3, -0.25) is 14.9 Å². The number of fused-ring (bicyclic) bond motifs is 3. The Labute approximate surface area is 177 Å². The Morgan fingerprint density at radius 2 is 1.68 bits per heavy atom. The molecule has 8 nitrogen and oxygen atoms in total. The van der Waals surface area contributed by atoms with E-state index < -0.39 is 35.9 Å².